The number of hydrogen-bond donors (Lipinski definition) is 2. The number of ether oxygens (including phenoxy) is 1. The van der Waals surface area contributed by atoms with E-state index < -0.39 is 17.4 Å². The largest absolute Gasteiger partial charge is 0.491 e. The minimum Gasteiger partial charge on any atom is -0.491 e. The molecular formula is C24H27N5O4. The van der Waals surface area contributed by atoms with E-state index in [-0.39, 0.29) is 24.3 Å². The zero-order chi connectivity index (χ0) is 23.5. The van der Waals surface area contributed by atoms with Gasteiger partial charge in [0.05, 0.1) is 6.54 Å². The maximum Gasteiger partial charge on any atom is 0.332 e. The van der Waals surface area contributed by atoms with Gasteiger partial charge >= 0.3 is 5.69 Å². The van der Waals surface area contributed by atoms with Crippen molar-refractivity contribution in [2.24, 2.45) is 14.1 Å². The van der Waals surface area contributed by atoms with E-state index in [9.17, 15) is 14.7 Å². The molecule has 1 unspecified atom stereocenters. The Kier molecular flexibility index (Phi) is 6.32. The van der Waals surface area contributed by atoms with E-state index in [0.717, 1.165) is 15.7 Å². The summed E-state index contributed by atoms with van der Waals surface area (Å²) >= 11 is 0. The van der Waals surface area contributed by atoms with E-state index in [1.165, 1.54) is 11.6 Å². The number of aliphatic hydroxyl groups excluding tert-OH is 1. The van der Waals surface area contributed by atoms with Crippen LogP contribution in [0.1, 0.15) is 11.1 Å². The lowest BCUT2D eigenvalue weighted by Crippen LogP contribution is -2.38. The van der Waals surface area contributed by atoms with Gasteiger partial charge in [-0.25, -0.2) is 4.79 Å². The summed E-state index contributed by atoms with van der Waals surface area (Å²) in [6.45, 7) is 2.50. The van der Waals surface area contributed by atoms with Gasteiger partial charge in [0, 0.05) is 20.6 Å². The first-order chi connectivity index (χ1) is 15.9. The molecule has 0 aliphatic carbocycles. The number of hydrogen-bond acceptors (Lipinski definition) is 6. The highest BCUT2D eigenvalue weighted by Gasteiger charge is 2.21. The van der Waals surface area contributed by atoms with Crippen molar-refractivity contribution < 1.29 is 9.84 Å². The van der Waals surface area contributed by atoms with Crippen LogP contribution in [-0.4, -0.2) is 36.5 Å². The number of aromatic nitrogens is 4. The van der Waals surface area contributed by atoms with E-state index in [0.29, 0.717) is 18.2 Å². The predicted molar refractivity (Wildman–Crippen MR) is 127 cm³/mol. The van der Waals surface area contributed by atoms with Crippen LogP contribution in [0.5, 0.6) is 5.75 Å². The zero-order valence-electron chi connectivity index (χ0n) is 18.9. The van der Waals surface area contributed by atoms with Gasteiger partial charge in [-0.1, -0.05) is 48.5 Å². The van der Waals surface area contributed by atoms with Crippen molar-refractivity contribution in [2.45, 2.75) is 26.1 Å². The molecule has 4 rings (SSSR count). The number of imidazole rings is 1. The summed E-state index contributed by atoms with van der Waals surface area (Å²) in [6, 6.07) is 17.3. The molecule has 0 amide bonds. The van der Waals surface area contributed by atoms with E-state index in [2.05, 4.69) is 10.3 Å². The monoisotopic (exact) mass is 449 g/mol. The lowest BCUT2D eigenvalue weighted by atomic mass is 10.2. The van der Waals surface area contributed by atoms with Gasteiger partial charge in [-0.2, -0.15) is 4.98 Å². The summed E-state index contributed by atoms with van der Waals surface area (Å²) in [5.41, 5.74) is 1.56. The predicted octanol–water partition coefficient (Wildman–Crippen LogP) is 1.79. The van der Waals surface area contributed by atoms with Crippen LogP contribution >= 0.6 is 0 Å². The van der Waals surface area contributed by atoms with Crippen LogP contribution in [0.15, 0.2) is 64.2 Å². The molecule has 2 aromatic carbocycles. The molecular weight excluding hydrogens is 422 g/mol. The van der Waals surface area contributed by atoms with E-state index in [1.54, 1.807) is 11.6 Å². The van der Waals surface area contributed by atoms with Crippen LogP contribution in [0.4, 0.5) is 5.95 Å². The van der Waals surface area contributed by atoms with Crippen molar-refractivity contribution in [1.29, 1.82) is 0 Å². The first kappa shape index (κ1) is 22.3. The summed E-state index contributed by atoms with van der Waals surface area (Å²) in [4.78, 5) is 29.9. The fraction of sp³-hybridized carbons (Fsp3) is 0.292. The highest BCUT2D eigenvalue weighted by atomic mass is 16.5. The van der Waals surface area contributed by atoms with Crippen molar-refractivity contribution in [2.75, 3.05) is 11.9 Å². The third-order valence-corrected chi connectivity index (χ3v) is 5.56. The number of para-hydroxylation sites is 1. The molecule has 0 saturated carbocycles. The van der Waals surface area contributed by atoms with Gasteiger partial charge in [0.25, 0.3) is 5.56 Å². The second kappa shape index (κ2) is 9.33. The third-order valence-electron chi connectivity index (χ3n) is 5.56. The quantitative estimate of drug-likeness (QED) is 0.425. The standard InChI is InChI=1S/C24H27N5O4/c1-16-9-7-8-12-19(16)33-15-18(30)14-29-20-21(27(2)24(32)28(3)22(20)31)26-23(29)25-13-17-10-5-4-6-11-17/h4-12,18,30H,13-15H2,1-3H3,(H,25,26). The molecule has 9 heteroatoms. The number of benzene rings is 2. The van der Waals surface area contributed by atoms with Gasteiger partial charge in [0.2, 0.25) is 5.95 Å². The number of aryl methyl sites for hydroxylation is 2. The average molecular weight is 450 g/mol. The molecule has 0 fully saturated rings. The lowest BCUT2D eigenvalue weighted by molar-refractivity contribution is 0.0935. The molecule has 2 aromatic heterocycles. The van der Waals surface area contributed by atoms with E-state index in [4.69, 9.17) is 4.74 Å². The molecule has 0 spiro atoms. The van der Waals surface area contributed by atoms with Gasteiger partial charge in [-0.3, -0.25) is 13.9 Å². The Labute approximate surface area is 190 Å². The Morgan fingerprint density at radius 2 is 1.73 bits per heavy atom. The Bertz CT molecular complexity index is 1390. The maximum absolute atomic E-state index is 13.0. The molecule has 2 heterocycles. The molecule has 33 heavy (non-hydrogen) atoms. The van der Waals surface area contributed by atoms with Crippen LogP contribution in [-0.2, 0) is 27.2 Å². The number of nitrogens with one attached hydrogen (secondary N) is 1. The van der Waals surface area contributed by atoms with Crippen molar-refractivity contribution in [1.82, 2.24) is 18.7 Å². The molecule has 9 nitrogen and oxygen atoms in total. The fourth-order valence-electron chi connectivity index (χ4n) is 3.70. The second-order valence-corrected chi connectivity index (χ2v) is 7.99. The molecule has 1 atom stereocenters. The summed E-state index contributed by atoms with van der Waals surface area (Å²) in [6.07, 6.45) is -0.916. The number of fused-ring (bicyclic) bond motifs is 1. The molecule has 0 bridgehead atoms. The van der Waals surface area contributed by atoms with E-state index >= 15 is 0 Å². The average Bonchev–Trinajstić information content (AvgIpc) is 3.18. The van der Waals surface area contributed by atoms with Crippen LogP contribution in [0.25, 0.3) is 11.2 Å². The Hall–Kier alpha value is -3.85. The molecule has 0 saturated heterocycles. The topological polar surface area (TPSA) is 103 Å². The van der Waals surface area contributed by atoms with Crippen molar-refractivity contribution in [3.63, 3.8) is 0 Å². The summed E-state index contributed by atoms with van der Waals surface area (Å²) in [5, 5.41) is 14.0. The van der Waals surface area contributed by atoms with Crippen LogP contribution in [0, 0.1) is 6.92 Å². The number of aliphatic hydroxyl groups is 1. The van der Waals surface area contributed by atoms with Gasteiger partial charge in [-0.05, 0) is 24.1 Å². The molecule has 4 aromatic rings. The number of nitrogens with zero attached hydrogens (tertiary/aromatic N) is 4. The van der Waals surface area contributed by atoms with Crippen molar-refractivity contribution in [3.8, 4) is 5.75 Å². The van der Waals surface area contributed by atoms with Gasteiger partial charge in [0.15, 0.2) is 11.2 Å². The van der Waals surface area contributed by atoms with Gasteiger partial charge < -0.3 is 19.7 Å². The highest BCUT2D eigenvalue weighted by Crippen LogP contribution is 2.19. The van der Waals surface area contributed by atoms with Crippen molar-refractivity contribution in [3.05, 3.63) is 86.6 Å². The van der Waals surface area contributed by atoms with Crippen LogP contribution in [0.2, 0.25) is 0 Å². The fourth-order valence-corrected chi connectivity index (χ4v) is 3.70. The third kappa shape index (κ3) is 4.54. The number of anilines is 1. The van der Waals surface area contributed by atoms with Crippen LogP contribution in [0.3, 0.4) is 0 Å². The minimum atomic E-state index is -0.916. The second-order valence-electron chi connectivity index (χ2n) is 7.99. The van der Waals surface area contributed by atoms with Gasteiger partial charge in [0.1, 0.15) is 18.5 Å². The molecule has 0 radical (unpaired) electrons. The molecule has 0 aliphatic rings. The first-order valence-electron chi connectivity index (χ1n) is 10.7. The van der Waals surface area contributed by atoms with Crippen molar-refractivity contribution >= 4 is 17.1 Å². The highest BCUT2D eigenvalue weighted by molar-refractivity contribution is 5.74. The molecule has 0 aliphatic heterocycles. The Morgan fingerprint density at radius 3 is 2.45 bits per heavy atom. The Morgan fingerprint density at radius 1 is 1.03 bits per heavy atom. The van der Waals surface area contributed by atoms with Crippen LogP contribution < -0.4 is 21.3 Å². The number of rotatable bonds is 8. The molecule has 172 valence electrons. The Balaban J connectivity index is 1.67. The van der Waals surface area contributed by atoms with E-state index in [1.807, 2.05) is 61.5 Å². The lowest BCUT2D eigenvalue weighted by Gasteiger charge is -2.17. The smallest absolute Gasteiger partial charge is 0.332 e. The first-order valence-corrected chi connectivity index (χ1v) is 10.7. The normalized spacial score (nSPS) is 12.1. The summed E-state index contributed by atoms with van der Waals surface area (Å²) in [5.74, 6) is 1.08. The molecule has 2 N–H and O–H groups in total. The maximum atomic E-state index is 13.0. The van der Waals surface area contributed by atoms with Gasteiger partial charge in [-0.15, -0.1) is 0 Å². The summed E-state index contributed by atoms with van der Waals surface area (Å²) in [7, 11) is 3.00. The minimum absolute atomic E-state index is 0.0364. The summed E-state index contributed by atoms with van der Waals surface area (Å²) < 4.78 is 9.77. The zero-order valence-corrected chi connectivity index (χ0v) is 18.9. The SMILES string of the molecule is Cc1ccccc1OCC(O)Cn1c(NCc2ccccc2)nc2c1c(=O)n(C)c(=O)n2C.